The topological polar surface area (TPSA) is 54.7 Å². The van der Waals surface area contributed by atoms with E-state index in [2.05, 4.69) is 34.7 Å². The Morgan fingerprint density at radius 2 is 1.91 bits per heavy atom. The number of rotatable bonds is 7. The van der Waals surface area contributed by atoms with Crippen LogP contribution in [0.4, 0.5) is 0 Å². The fraction of sp³-hybridized carbons (Fsp3) is 0.591. The van der Waals surface area contributed by atoms with Crippen molar-refractivity contribution in [2.45, 2.75) is 60.7 Å². The van der Waals surface area contributed by atoms with E-state index >= 15 is 0 Å². The van der Waals surface area contributed by atoms with Crippen molar-refractivity contribution in [2.75, 3.05) is 19.7 Å². The van der Waals surface area contributed by atoms with Gasteiger partial charge < -0.3 is 0 Å². The van der Waals surface area contributed by atoms with Gasteiger partial charge in [0.1, 0.15) is 0 Å². The third-order valence-corrected chi connectivity index (χ3v) is 12.7. The molecule has 1 saturated carbocycles. The minimum absolute atomic E-state index is 0. The molecule has 1 aliphatic heterocycles. The normalized spacial score (nSPS) is 16.7. The molecule has 2 aliphatic rings. The molecule has 32 heavy (non-hydrogen) atoms. The van der Waals surface area contributed by atoms with E-state index in [1.54, 1.807) is 0 Å². The smallest absolute Gasteiger partial charge is 0.147 e. The van der Waals surface area contributed by atoms with Crippen LogP contribution in [0.2, 0.25) is 9.88 Å². The molecule has 0 spiro atoms. The van der Waals surface area contributed by atoms with Crippen molar-refractivity contribution in [1.82, 2.24) is 8.87 Å². The first kappa shape index (κ1) is 28.4. The summed E-state index contributed by atoms with van der Waals surface area (Å²) in [6, 6.07) is 2.46. The standard InChI is InChI=1S/C20H24BrN2O3S.2CH3.2ClH.Sn.H/c1-2-26-20(25)19-14-10-18(24)15(21)11-16(14)23(13-6-7-13)17(19)12-27-22-8-4-3-5-9-22;;;;;;/h11,13,24H,2-9,12H2,1H3;2*1H3;2*1H;;. The number of carbonyl (C=O) groups is 1. The summed E-state index contributed by atoms with van der Waals surface area (Å²) < 4.78 is 12.2. The van der Waals surface area contributed by atoms with Crippen LogP contribution in [0.3, 0.4) is 0 Å². The molecule has 0 unspecified atom stereocenters. The van der Waals surface area contributed by atoms with E-state index in [0.717, 1.165) is 56.3 Å². The van der Waals surface area contributed by atoms with Crippen LogP contribution in [0.25, 0.3) is 10.9 Å². The van der Waals surface area contributed by atoms with Crippen LogP contribution in [0.5, 0.6) is 5.75 Å². The molecule has 1 saturated heterocycles. The van der Waals surface area contributed by atoms with Gasteiger partial charge in [-0.15, -0.1) is 24.8 Å². The van der Waals surface area contributed by atoms with Gasteiger partial charge in [-0.2, -0.15) is 0 Å². The van der Waals surface area contributed by atoms with Crippen LogP contribution in [0, 0.1) is 0 Å². The fourth-order valence-electron chi connectivity index (χ4n) is 4.53. The first-order valence-corrected chi connectivity index (χ1v) is 21.0. The monoisotopic (exact) mass is 674 g/mol. The van der Waals surface area contributed by atoms with Gasteiger partial charge in [0.15, 0.2) is 0 Å². The molecule has 5 nitrogen and oxygen atoms in total. The van der Waals surface area contributed by atoms with Gasteiger partial charge in [-0.05, 0) is 0 Å². The molecule has 1 N–H and O–H groups in total. The number of carbonyl (C=O) groups excluding carboxylic acids is 1. The van der Waals surface area contributed by atoms with Crippen LogP contribution in [-0.2, 0) is 10.5 Å². The van der Waals surface area contributed by atoms with E-state index in [9.17, 15) is 9.90 Å². The van der Waals surface area contributed by atoms with Gasteiger partial charge in [0, 0.05) is 0 Å². The van der Waals surface area contributed by atoms with E-state index in [4.69, 9.17) is 4.74 Å². The van der Waals surface area contributed by atoms with Gasteiger partial charge in [0.25, 0.3) is 0 Å². The second kappa shape index (κ2) is 12.2. The summed E-state index contributed by atoms with van der Waals surface area (Å²) in [6.07, 6.45) is 6.09. The Labute approximate surface area is 222 Å². The Morgan fingerprint density at radius 1 is 1.25 bits per heavy atom. The molecule has 1 aliphatic carbocycles. The van der Waals surface area contributed by atoms with E-state index in [-0.39, 0.29) is 30.8 Å². The molecule has 1 aromatic heterocycles. The molecule has 2 fully saturated rings. The Kier molecular flexibility index (Phi) is 10.9. The summed E-state index contributed by atoms with van der Waals surface area (Å²) >= 11 is 3.24. The number of fused-ring (bicyclic) bond motifs is 1. The number of nitrogens with zero attached hydrogens (tertiary/aromatic N) is 2. The van der Waals surface area contributed by atoms with Gasteiger partial charge in [0.2, 0.25) is 0 Å². The van der Waals surface area contributed by atoms with E-state index in [1.807, 2.05) is 24.9 Å². The van der Waals surface area contributed by atoms with Crippen LogP contribution < -0.4 is 3.58 Å². The van der Waals surface area contributed by atoms with Crippen LogP contribution in [0.1, 0.15) is 61.1 Å². The summed E-state index contributed by atoms with van der Waals surface area (Å²) in [7, 11) is 0. The number of esters is 1. The molecule has 0 radical (unpaired) electrons. The Balaban J connectivity index is 0.00000181. The van der Waals surface area contributed by atoms with Gasteiger partial charge in [0.05, 0.1) is 0 Å². The number of hydrogen-bond donors (Lipinski definition) is 1. The van der Waals surface area contributed by atoms with Crippen molar-refractivity contribution >= 4 is 92.9 Å². The predicted octanol–water partition coefficient (Wildman–Crippen LogP) is 5.79. The maximum atomic E-state index is 13.2. The molecular formula is C22H33BrCl2N2O3SSn. The molecule has 4 rings (SSSR count). The predicted molar refractivity (Wildman–Crippen MR) is 145 cm³/mol. The largest absolute Gasteiger partial charge is 0.147 e. The van der Waals surface area contributed by atoms with Crippen LogP contribution in [-0.4, -0.2) is 59.4 Å². The van der Waals surface area contributed by atoms with Gasteiger partial charge in [-0.3, -0.25) is 0 Å². The van der Waals surface area contributed by atoms with Crippen molar-refractivity contribution in [3.63, 3.8) is 0 Å². The molecular weight excluding hydrogens is 642 g/mol. The third-order valence-electron chi connectivity index (χ3n) is 6.03. The summed E-state index contributed by atoms with van der Waals surface area (Å²) in [5, 5.41) is 11.9. The average Bonchev–Trinajstić information content (AvgIpc) is 3.50. The minimum atomic E-state index is -2.19. The second-order valence-corrected chi connectivity index (χ2v) is 18.7. The first-order valence-electron chi connectivity index (χ1n) is 11.1. The summed E-state index contributed by atoms with van der Waals surface area (Å²) in [4.78, 5) is 17.8. The summed E-state index contributed by atoms with van der Waals surface area (Å²) in [6.45, 7) is 4.44. The zero-order valence-corrected chi connectivity index (χ0v) is 26.2. The minimum Gasteiger partial charge on any atom is -0.147 e. The molecule has 10 heteroatoms. The average molecular weight is 675 g/mol. The molecule has 1 aromatic carbocycles. The number of benzene rings is 1. The van der Waals surface area contributed by atoms with Gasteiger partial charge >= 0.3 is 200 Å². The Bertz CT molecular complexity index is 963. The quantitative estimate of drug-likeness (QED) is 0.229. The van der Waals surface area contributed by atoms with Crippen molar-refractivity contribution in [3.8, 4) is 5.75 Å². The van der Waals surface area contributed by atoms with Crippen molar-refractivity contribution in [2.24, 2.45) is 0 Å². The van der Waals surface area contributed by atoms with Crippen molar-refractivity contribution in [1.29, 1.82) is 0 Å². The van der Waals surface area contributed by atoms with Crippen LogP contribution >= 0.6 is 52.7 Å². The second-order valence-electron chi connectivity index (χ2n) is 8.58. The summed E-state index contributed by atoms with van der Waals surface area (Å²) in [5.74, 6) is 0.846. The van der Waals surface area contributed by atoms with Crippen LogP contribution in [0.15, 0.2) is 10.5 Å². The molecule has 2 heterocycles. The van der Waals surface area contributed by atoms with E-state index in [1.165, 1.54) is 19.3 Å². The zero-order valence-electron chi connectivity index (χ0n) is 18.9. The Hall–Kier alpha value is 0.199. The van der Waals surface area contributed by atoms with Crippen molar-refractivity contribution in [3.05, 3.63) is 21.8 Å². The Morgan fingerprint density at radius 3 is 2.47 bits per heavy atom. The number of piperidine rings is 1. The third kappa shape index (κ3) is 5.70. The number of ether oxygens (including phenoxy) is 1. The maximum absolute atomic E-state index is 13.2. The number of aromatic hydroxyl groups is 1. The molecule has 180 valence electrons. The van der Waals surface area contributed by atoms with E-state index < -0.39 is 19.8 Å². The fourth-order valence-corrected chi connectivity index (χ4v) is 11.2. The zero-order chi connectivity index (χ0) is 21.4. The SMILES string of the molecule is CCOC(=O)c1c(CSN2CCCCC2)n(C2CC2)c2cc(Br)c(O)[c]([SnH]([CH3])[CH3])c12.Cl.Cl. The van der Waals surface area contributed by atoms with Crippen molar-refractivity contribution < 1.29 is 14.6 Å². The molecule has 0 amide bonds. The number of phenolic OH excluding ortho intramolecular Hbond substituents is 1. The number of halogens is 3. The van der Waals surface area contributed by atoms with Gasteiger partial charge in [-0.25, -0.2) is 0 Å². The number of aromatic nitrogens is 1. The number of hydrogen-bond acceptors (Lipinski definition) is 5. The van der Waals surface area contributed by atoms with Gasteiger partial charge in [-0.1, -0.05) is 0 Å². The van der Waals surface area contributed by atoms with E-state index in [0.29, 0.717) is 24.0 Å². The molecule has 2 aromatic rings. The number of phenols is 1. The summed E-state index contributed by atoms with van der Waals surface area (Å²) in [5.41, 5.74) is 2.86. The maximum Gasteiger partial charge on any atom is -0.147 e. The molecule has 0 bridgehead atoms. The first-order chi connectivity index (χ1) is 14.4. The molecule has 0 atom stereocenters.